The van der Waals surface area contributed by atoms with E-state index in [1.54, 1.807) is 0 Å². The Morgan fingerprint density at radius 1 is 1.36 bits per heavy atom. The van der Waals surface area contributed by atoms with Gasteiger partial charge in [0.1, 0.15) is 0 Å². The molecule has 0 atom stereocenters. The molecule has 0 aliphatic heterocycles. The van der Waals surface area contributed by atoms with E-state index in [4.69, 9.17) is 5.73 Å². The Balaban J connectivity index is 0.00000242. The molecule has 2 rings (SSSR count). The summed E-state index contributed by atoms with van der Waals surface area (Å²) in [5.74, 6) is 1.37. The van der Waals surface area contributed by atoms with Gasteiger partial charge in [0.15, 0.2) is 5.96 Å². The Bertz CT molecular complexity index is 471. The number of nitrogens with two attached hydrogens (primary N) is 1. The first-order valence-corrected chi connectivity index (χ1v) is 7.97. The molecule has 1 aromatic carbocycles. The molecule has 4 nitrogen and oxygen atoms in total. The lowest BCUT2D eigenvalue weighted by atomic mass is 9.85. The van der Waals surface area contributed by atoms with E-state index >= 15 is 0 Å². The quantitative estimate of drug-likeness (QED) is 0.408. The molecule has 0 saturated heterocycles. The Labute approximate surface area is 151 Å². The fraction of sp³-hybridized carbons (Fsp3) is 0.588. The van der Waals surface area contributed by atoms with Crippen molar-refractivity contribution in [2.75, 3.05) is 20.1 Å². The van der Waals surface area contributed by atoms with Crippen molar-refractivity contribution < 1.29 is 0 Å². The molecule has 3 N–H and O–H groups in total. The van der Waals surface area contributed by atoms with E-state index < -0.39 is 0 Å². The zero-order valence-corrected chi connectivity index (χ0v) is 16.0. The molecule has 0 aromatic heterocycles. The van der Waals surface area contributed by atoms with Gasteiger partial charge >= 0.3 is 0 Å². The number of benzene rings is 1. The maximum atomic E-state index is 5.92. The highest BCUT2D eigenvalue weighted by Crippen LogP contribution is 2.24. The van der Waals surface area contributed by atoms with Crippen LogP contribution in [0.25, 0.3) is 0 Å². The molecule has 0 heterocycles. The van der Waals surface area contributed by atoms with Gasteiger partial charge in [-0.2, -0.15) is 0 Å². The van der Waals surface area contributed by atoms with E-state index in [2.05, 4.69) is 53.4 Å². The summed E-state index contributed by atoms with van der Waals surface area (Å²) in [4.78, 5) is 6.72. The van der Waals surface area contributed by atoms with Crippen LogP contribution in [0.3, 0.4) is 0 Å². The lowest BCUT2D eigenvalue weighted by Crippen LogP contribution is -2.37. The van der Waals surface area contributed by atoms with Crippen LogP contribution in [-0.4, -0.2) is 31.0 Å². The number of aliphatic imine (C=N–C) groups is 1. The van der Waals surface area contributed by atoms with E-state index in [9.17, 15) is 0 Å². The third-order valence-corrected chi connectivity index (χ3v) is 4.21. The normalized spacial score (nSPS) is 15.3. The molecule has 0 spiro atoms. The number of rotatable bonds is 7. The van der Waals surface area contributed by atoms with Gasteiger partial charge in [-0.1, -0.05) is 37.6 Å². The molecule has 5 heteroatoms. The standard InChI is InChI=1S/C17H28N4.HI/c1-3-21(2)13-16-9-5-8-15(10-16)12-20-17(18)19-11-14-6-4-7-14;/h5,8-10,14H,3-4,6-7,11-13H2,1-2H3,(H3,18,19,20);1H. The van der Waals surface area contributed by atoms with E-state index in [-0.39, 0.29) is 24.0 Å². The highest BCUT2D eigenvalue weighted by Gasteiger charge is 2.16. The molecule has 0 amide bonds. The summed E-state index contributed by atoms with van der Waals surface area (Å²) >= 11 is 0. The molecular formula is C17H29IN4. The maximum Gasteiger partial charge on any atom is 0.188 e. The lowest BCUT2D eigenvalue weighted by molar-refractivity contribution is 0.315. The van der Waals surface area contributed by atoms with Crippen molar-refractivity contribution in [2.24, 2.45) is 16.6 Å². The van der Waals surface area contributed by atoms with Gasteiger partial charge < -0.3 is 16.0 Å². The van der Waals surface area contributed by atoms with E-state index in [0.29, 0.717) is 12.5 Å². The van der Waals surface area contributed by atoms with Gasteiger partial charge in [-0.05, 0) is 43.5 Å². The number of hydrogen-bond acceptors (Lipinski definition) is 2. The van der Waals surface area contributed by atoms with Gasteiger partial charge in [0.2, 0.25) is 0 Å². The van der Waals surface area contributed by atoms with Gasteiger partial charge in [0, 0.05) is 13.1 Å². The fourth-order valence-electron chi connectivity index (χ4n) is 2.43. The van der Waals surface area contributed by atoms with Crippen LogP contribution < -0.4 is 11.1 Å². The summed E-state index contributed by atoms with van der Waals surface area (Å²) in [5, 5.41) is 3.23. The van der Waals surface area contributed by atoms with Gasteiger partial charge in [-0.25, -0.2) is 4.99 Å². The van der Waals surface area contributed by atoms with Gasteiger partial charge in [-0.15, -0.1) is 24.0 Å². The average Bonchev–Trinajstić information content (AvgIpc) is 2.44. The highest BCUT2D eigenvalue weighted by molar-refractivity contribution is 14.0. The van der Waals surface area contributed by atoms with Crippen molar-refractivity contribution in [3.63, 3.8) is 0 Å². The first-order chi connectivity index (χ1) is 10.2. The van der Waals surface area contributed by atoms with Crippen molar-refractivity contribution in [3.8, 4) is 0 Å². The fourth-order valence-corrected chi connectivity index (χ4v) is 2.43. The van der Waals surface area contributed by atoms with Gasteiger partial charge in [0.25, 0.3) is 0 Å². The van der Waals surface area contributed by atoms with Crippen LogP contribution >= 0.6 is 24.0 Å². The minimum atomic E-state index is 0. The lowest BCUT2D eigenvalue weighted by Gasteiger charge is -2.25. The molecule has 1 aliphatic rings. The SMILES string of the molecule is CCN(C)Cc1cccc(CN=C(N)NCC2CCC2)c1.I. The summed E-state index contributed by atoms with van der Waals surface area (Å²) in [6.07, 6.45) is 4.02. The van der Waals surface area contributed by atoms with Crippen LogP contribution in [0.15, 0.2) is 29.3 Å². The molecule has 124 valence electrons. The summed E-state index contributed by atoms with van der Waals surface area (Å²) in [6.45, 7) is 5.82. The molecule has 22 heavy (non-hydrogen) atoms. The third-order valence-electron chi connectivity index (χ3n) is 4.21. The van der Waals surface area contributed by atoms with Crippen molar-refractivity contribution in [1.29, 1.82) is 0 Å². The predicted molar refractivity (Wildman–Crippen MR) is 105 cm³/mol. The molecule has 1 saturated carbocycles. The van der Waals surface area contributed by atoms with E-state index in [0.717, 1.165) is 25.6 Å². The van der Waals surface area contributed by atoms with Crippen molar-refractivity contribution in [3.05, 3.63) is 35.4 Å². The zero-order valence-electron chi connectivity index (χ0n) is 13.7. The van der Waals surface area contributed by atoms with Crippen LogP contribution in [-0.2, 0) is 13.1 Å². The second-order valence-electron chi connectivity index (χ2n) is 6.03. The van der Waals surface area contributed by atoms with E-state index in [1.165, 1.54) is 30.4 Å². The minimum absolute atomic E-state index is 0. The molecule has 1 aliphatic carbocycles. The Morgan fingerprint density at radius 3 is 2.73 bits per heavy atom. The topological polar surface area (TPSA) is 53.6 Å². The van der Waals surface area contributed by atoms with Crippen molar-refractivity contribution in [1.82, 2.24) is 10.2 Å². The Morgan fingerprint density at radius 2 is 2.09 bits per heavy atom. The number of hydrogen-bond donors (Lipinski definition) is 2. The summed E-state index contributed by atoms with van der Waals surface area (Å²) in [7, 11) is 2.13. The highest BCUT2D eigenvalue weighted by atomic mass is 127. The monoisotopic (exact) mass is 416 g/mol. The maximum absolute atomic E-state index is 5.92. The summed E-state index contributed by atoms with van der Waals surface area (Å²) in [5.41, 5.74) is 8.46. The Hall–Kier alpha value is -0.820. The molecule has 0 bridgehead atoms. The van der Waals surface area contributed by atoms with Crippen molar-refractivity contribution >= 4 is 29.9 Å². The number of halogens is 1. The third kappa shape index (κ3) is 6.52. The Kier molecular flexibility index (Phi) is 8.78. The van der Waals surface area contributed by atoms with Gasteiger partial charge in [0.05, 0.1) is 6.54 Å². The predicted octanol–water partition coefficient (Wildman–Crippen LogP) is 2.96. The van der Waals surface area contributed by atoms with E-state index in [1.807, 2.05) is 0 Å². The first kappa shape index (κ1) is 19.2. The molecule has 1 aromatic rings. The summed E-state index contributed by atoms with van der Waals surface area (Å²) < 4.78 is 0. The van der Waals surface area contributed by atoms with Crippen molar-refractivity contribution in [2.45, 2.75) is 39.3 Å². The van der Waals surface area contributed by atoms with Crippen LogP contribution in [0.2, 0.25) is 0 Å². The second-order valence-corrected chi connectivity index (χ2v) is 6.03. The van der Waals surface area contributed by atoms with Crippen LogP contribution in [0.4, 0.5) is 0 Å². The zero-order chi connectivity index (χ0) is 15.1. The van der Waals surface area contributed by atoms with Gasteiger partial charge in [-0.3, -0.25) is 0 Å². The number of guanidine groups is 1. The first-order valence-electron chi connectivity index (χ1n) is 7.97. The molecule has 1 fully saturated rings. The number of nitrogens with one attached hydrogen (secondary N) is 1. The molecular weight excluding hydrogens is 387 g/mol. The van der Waals surface area contributed by atoms with Crippen LogP contribution in [0.1, 0.15) is 37.3 Å². The van der Waals surface area contributed by atoms with Crippen LogP contribution in [0.5, 0.6) is 0 Å². The second kappa shape index (κ2) is 10.0. The molecule has 0 unspecified atom stereocenters. The minimum Gasteiger partial charge on any atom is -0.370 e. The summed E-state index contributed by atoms with van der Waals surface area (Å²) in [6, 6.07) is 8.59. The van der Waals surface area contributed by atoms with Crippen LogP contribution in [0, 0.1) is 5.92 Å². The smallest absolute Gasteiger partial charge is 0.188 e. The number of nitrogens with zero attached hydrogens (tertiary/aromatic N) is 2. The largest absolute Gasteiger partial charge is 0.370 e. The average molecular weight is 416 g/mol. The molecule has 0 radical (unpaired) electrons.